The Morgan fingerprint density at radius 2 is 0.922 bits per heavy atom. The summed E-state index contributed by atoms with van der Waals surface area (Å²) < 4.78 is -0.226. The highest BCUT2D eigenvalue weighted by atomic mass is 127. The highest BCUT2D eigenvalue weighted by Gasteiger charge is 2.44. The number of rotatable bonds is 3. The summed E-state index contributed by atoms with van der Waals surface area (Å²) in [6.07, 6.45) is 0. The molecular formula is C40H32INO9. The van der Waals surface area contributed by atoms with Gasteiger partial charge < -0.3 is 46.0 Å². The third-order valence-electron chi connectivity index (χ3n) is 10.7. The molecule has 0 aliphatic heterocycles. The highest BCUT2D eigenvalue weighted by molar-refractivity contribution is 14.1. The minimum Gasteiger partial charge on any atom is -0.503 e. The van der Waals surface area contributed by atoms with Gasteiger partial charge in [0.1, 0.15) is 11.4 Å². The Morgan fingerprint density at radius 1 is 0.451 bits per heavy atom. The SMILES string of the molecule is CC1(C)c2ccccc2-c2cc3c(cc21)-c1c(cc(N(c2c(O)c(O)c(O)c(O)c2O)c2c(O)c(O)c(O)c(O)c2I)c2ccccc12)C3(C)C. The minimum atomic E-state index is -1.20. The molecule has 10 nitrogen and oxygen atoms in total. The van der Waals surface area contributed by atoms with Gasteiger partial charge in [-0.3, -0.25) is 4.90 Å². The maximum Gasteiger partial charge on any atom is 0.208 e. The van der Waals surface area contributed by atoms with E-state index in [0.717, 1.165) is 38.1 Å². The van der Waals surface area contributed by atoms with Gasteiger partial charge in [-0.05, 0) is 90.7 Å². The summed E-state index contributed by atoms with van der Waals surface area (Å²) in [5, 5.41) is 98.9. The van der Waals surface area contributed by atoms with Crippen LogP contribution >= 0.6 is 22.6 Å². The monoisotopic (exact) mass is 797 g/mol. The number of hydrogen-bond donors (Lipinski definition) is 9. The highest BCUT2D eigenvalue weighted by Crippen LogP contribution is 2.64. The average molecular weight is 798 g/mol. The van der Waals surface area contributed by atoms with E-state index < -0.39 is 68.5 Å². The number of halogens is 1. The fourth-order valence-electron chi connectivity index (χ4n) is 8.04. The van der Waals surface area contributed by atoms with Crippen LogP contribution in [0.25, 0.3) is 33.0 Å². The Kier molecular flexibility index (Phi) is 6.64. The Hall–Kier alpha value is -5.69. The predicted octanol–water partition coefficient (Wildman–Crippen LogP) is 8.88. The van der Waals surface area contributed by atoms with Crippen LogP contribution in [0.2, 0.25) is 0 Å². The summed E-state index contributed by atoms with van der Waals surface area (Å²) >= 11 is 1.62. The number of aromatic hydroxyl groups is 9. The number of benzene rings is 6. The van der Waals surface area contributed by atoms with Gasteiger partial charge in [0.2, 0.25) is 28.7 Å². The summed E-state index contributed by atoms with van der Waals surface area (Å²) in [6.45, 7) is 8.57. The molecule has 258 valence electrons. The lowest BCUT2D eigenvalue weighted by Crippen LogP contribution is -2.18. The molecule has 0 fully saturated rings. The molecule has 11 heteroatoms. The van der Waals surface area contributed by atoms with Crippen LogP contribution < -0.4 is 4.90 Å². The largest absolute Gasteiger partial charge is 0.503 e. The van der Waals surface area contributed by atoms with Crippen molar-refractivity contribution in [2.24, 2.45) is 0 Å². The van der Waals surface area contributed by atoms with Crippen molar-refractivity contribution < 1.29 is 46.0 Å². The van der Waals surface area contributed by atoms with Gasteiger partial charge in [0.15, 0.2) is 23.0 Å². The maximum absolute atomic E-state index is 11.4. The zero-order valence-electron chi connectivity index (χ0n) is 27.7. The van der Waals surface area contributed by atoms with Crippen molar-refractivity contribution in [2.45, 2.75) is 38.5 Å². The molecule has 0 saturated carbocycles. The summed E-state index contributed by atoms with van der Waals surface area (Å²) in [6, 6.07) is 22.0. The van der Waals surface area contributed by atoms with E-state index in [2.05, 4.69) is 58.0 Å². The summed E-state index contributed by atoms with van der Waals surface area (Å²) in [4.78, 5) is 1.06. The number of phenols is 9. The fourth-order valence-corrected chi connectivity index (χ4v) is 8.79. The molecule has 2 aliphatic rings. The molecule has 0 atom stereocenters. The van der Waals surface area contributed by atoms with E-state index in [4.69, 9.17) is 0 Å². The molecule has 0 amide bonds. The molecule has 9 N–H and O–H groups in total. The fraction of sp³-hybridized carbons (Fsp3) is 0.150. The normalized spacial score (nSPS) is 14.6. The molecule has 6 aromatic rings. The van der Waals surface area contributed by atoms with Crippen molar-refractivity contribution in [1.29, 1.82) is 0 Å². The van der Waals surface area contributed by atoms with Gasteiger partial charge in [0.25, 0.3) is 0 Å². The van der Waals surface area contributed by atoms with E-state index in [1.54, 1.807) is 40.8 Å². The van der Waals surface area contributed by atoms with Gasteiger partial charge >= 0.3 is 0 Å². The second kappa shape index (κ2) is 10.4. The summed E-state index contributed by atoms with van der Waals surface area (Å²) in [5.74, 6) is -9.63. The van der Waals surface area contributed by atoms with Gasteiger partial charge in [-0.2, -0.15) is 0 Å². The second-order valence-corrected chi connectivity index (χ2v) is 15.2. The van der Waals surface area contributed by atoms with Crippen molar-refractivity contribution in [1.82, 2.24) is 0 Å². The molecule has 0 unspecified atom stereocenters. The van der Waals surface area contributed by atoms with Crippen LogP contribution in [0.1, 0.15) is 49.9 Å². The first kappa shape index (κ1) is 32.5. The van der Waals surface area contributed by atoms with E-state index >= 15 is 0 Å². The molecule has 51 heavy (non-hydrogen) atoms. The van der Waals surface area contributed by atoms with Gasteiger partial charge in [-0.1, -0.05) is 76.2 Å². The standard InChI is InChI=1S/C40H32INO9/c1-39(2)21-12-8-7-9-16(21)19-13-23-20(14-22(19)39)26-18-11-6-5-10-17(18)25(15-24(26)40(23,3)4)42(28-27(41)30(43)34(47)35(48)31(28)44)29-32(45)36(49)38(51)37(50)33(29)46/h5-15,43-51H,1-4H3. The molecule has 0 bridgehead atoms. The first-order valence-corrected chi connectivity index (χ1v) is 17.1. The van der Waals surface area contributed by atoms with Crippen molar-refractivity contribution in [3.05, 3.63) is 92.6 Å². The number of nitrogens with zero attached hydrogens (tertiary/aromatic N) is 1. The summed E-state index contributed by atoms with van der Waals surface area (Å²) in [7, 11) is 0. The van der Waals surface area contributed by atoms with Gasteiger partial charge in [-0.25, -0.2) is 0 Å². The lowest BCUT2D eigenvalue weighted by molar-refractivity contribution is 0.329. The van der Waals surface area contributed by atoms with Crippen LogP contribution in [-0.4, -0.2) is 46.0 Å². The smallest absolute Gasteiger partial charge is 0.208 e. The van der Waals surface area contributed by atoms with Crippen LogP contribution in [0, 0.1) is 3.57 Å². The third-order valence-corrected chi connectivity index (χ3v) is 11.7. The van der Waals surface area contributed by atoms with Gasteiger partial charge in [-0.15, -0.1) is 0 Å². The van der Waals surface area contributed by atoms with Crippen LogP contribution in [0.5, 0.6) is 51.7 Å². The lowest BCUT2D eigenvalue weighted by Gasteiger charge is -2.32. The third kappa shape index (κ3) is 4.03. The molecule has 8 rings (SSSR count). The van der Waals surface area contributed by atoms with Crippen LogP contribution in [0.15, 0.2) is 66.7 Å². The van der Waals surface area contributed by atoms with Gasteiger partial charge in [0.05, 0.1) is 9.26 Å². The maximum atomic E-state index is 11.4. The Balaban J connectivity index is 1.51. The van der Waals surface area contributed by atoms with Crippen molar-refractivity contribution in [2.75, 3.05) is 4.90 Å². The van der Waals surface area contributed by atoms with E-state index in [1.165, 1.54) is 16.7 Å². The number of hydrogen-bond acceptors (Lipinski definition) is 10. The molecule has 0 heterocycles. The first-order chi connectivity index (χ1) is 24.0. The molecule has 0 spiro atoms. The number of anilines is 3. The first-order valence-electron chi connectivity index (χ1n) is 16.0. The van der Waals surface area contributed by atoms with E-state index in [-0.39, 0.29) is 14.7 Å². The minimum absolute atomic E-state index is 0.177. The molecule has 0 aromatic heterocycles. The van der Waals surface area contributed by atoms with Crippen molar-refractivity contribution >= 4 is 50.4 Å². The Bertz CT molecular complexity index is 2430. The van der Waals surface area contributed by atoms with Crippen LogP contribution in [0.4, 0.5) is 17.1 Å². The molecule has 2 aliphatic carbocycles. The van der Waals surface area contributed by atoms with E-state index in [9.17, 15) is 46.0 Å². The number of fused-ring (bicyclic) bond motifs is 8. The van der Waals surface area contributed by atoms with E-state index in [1.807, 2.05) is 18.2 Å². The molecule has 6 aromatic carbocycles. The van der Waals surface area contributed by atoms with Crippen LogP contribution in [-0.2, 0) is 10.8 Å². The van der Waals surface area contributed by atoms with Crippen molar-refractivity contribution in [3.63, 3.8) is 0 Å². The zero-order chi connectivity index (χ0) is 36.6. The zero-order valence-corrected chi connectivity index (χ0v) is 29.9. The molecule has 0 radical (unpaired) electrons. The second-order valence-electron chi connectivity index (χ2n) is 14.1. The molecular weight excluding hydrogens is 765 g/mol. The number of phenolic OH excluding ortho intramolecular Hbond substituents is 9. The van der Waals surface area contributed by atoms with Crippen molar-refractivity contribution in [3.8, 4) is 74.0 Å². The summed E-state index contributed by atoms with van der Waals surface area (Å²) in [5.41, 5.74) is 6.70. The Labute approximate surface area is 305 Å². The quantitative estimate of drug-likeness (QED) is 0.0476. The van der Waals surface area contributed by atoms with Gasteiger partial charge in [0, 0.05) is 16.2 Å². The average Bonchev–Trinajstić information content (AvgIpc) is 3.48. The van der Waals surface area contributed by atoms with Crippen LogP contribution in [0.3, 0.4) is 0 Å². The lowest BCUT2D eigenvalue weighted by atomic mass is 9.79. The Morgan fingerprint density at radius 3 is 1.57 bits per heavy atom. The molecule has 0 saturated heterocycles. The topological polar surface area (TPSA) is 185 Å². The predicted molar refractivity (Wildman–Crippen MR) is 201 cm³/mol. The van der Waals surface area contributed by atoms with E-state index in [0.29, 0.717) is 5.39 Å².